The van der Waals surface area contributed by atoms with E-state index in [1.165, 1.54) is 24.3 Å². The summed E-state index contributed by atoms with van der Waals surface area (Å²) in [6.07, 6.45) is -5.73. The van der Waals surface area contributed by atoms with Crippen LogP contribution in [0, 0.1) is 11.3 Å². The zero-order valence-corrected chi connectivity index (χ0v) is 9.49. The Labute approximate surface area is 102 Å². The lowest BCUT2D eigenvalue weighted by Crippen LogP contribution is -2.14. The number of nitrogens with zero attached hydrogens (tertiary/aromatic N) is 1. The average molecular weight is 257 g/mol. The predicted octanol–water partition coefficient (Wildman–Crippen LogP) is 3.17. The molecule has 0 radical (unpaired) electrons. The number of para-hydroxylation sites is 1. The Hall–Kier alpha value is -2.03. The van der Waals surface area contributed by atoms with E-state index in [4.69, 9.17) is 10.00 Å². The fourth-order valence-electron chi connectivity index (χ4n) is 1.47. The van der Waals surface area contributed by atoms with Crippen molar-refractivity contribution < 1.29 is 22.7 Å². The number of esters is 1. The molecule has 0 bridgehead atoms. The molecular weight excluding hydrogens is 247 g/mol. The fraction of sp³-hybridized carbons (Fsp3) is 0.333. The van der Waals surface area contributed by atoms with Crippen LogP contribution >= 0.6 is 0 Å². The average Bonchev–Trinajstić information content (AvgIpc) is 2.25. The van der Waals surface area contributed by atoms with Crippen LogP contribution in [0.2, 0.25) is 0 Å². The van der Waals surface area contributed by atoms with Crippen molar-refractivity contribution in [2.45, 2.75) is 25.4 Å². The number of alkyl halides is 3. The summed E-state index contributed by atoms with van der Waals surface area (Å²) in [6.45, 7) is 1.14. The van der Waals surface area contributed by atoms with Gasteiger partial charge in [-0.3, -0.25) is 4.79 Å². The fourth-order valence-corrected chi connectivity index (χ4v) is 1.47. The molecule has 0 aliphatic heterocycles. The van der Waals surface area contributed by atoms with E-state index >= 15 is 0 Å². The minimum atomic E-state index is -4.45. The number of nitriles is 1. The van der Waals surface area contributed by atoms with Gasteiger partial charge in [-0.25, -0.2) is 0 Å². The van der Waals surface area contributed by atoms with Gasteiger partial charge >= 0.3 is 12.1 Å². The summed E-state index contributed by atoms with van der Waals surface area (Å²) in [6, 6.07) is 7.29. The summed E-state index contributed by atoms with van der Waals surface area (Å²) in [5.74, 6) is -2.05. The van der Waals surface area contributed by atoms with Crippen molar-refractivity contribution in [2.24, 2.45) is 0 Å². The maximum Gasteiger partial charge on any atom is 0.390 e. The van der Waals surface area contributed by atoms with Gasteiger partial charge in [0, 0.05) is 12.5 Å². The van der Waals surface area contributed by atoms with Crippen molar-refractivity contribution in [3.63, 3.8) is 0 Å². The molecule has 0 heterocycles. The van der Waals surface area contributed by atoms with Crippen LogP contribution in [0.15, 0.2) is 24.3 Å². The van der Waals surface area contributed by atoms with Gasteiger partial charge in [-0.05, 0) is 6.07 Å². The highest BCUT2D eigenvalue weighted by molar-refractivity contribution is 5.70. The quantitative estimate of drug-likeness (QED) is 0.617. The summed E-state index contributed by atoms with van der Waals surface area (Å²) in [5, 5.41) is 8.81. The molecule has 0 fully saturated rings. The van der Waals surface area contributed by atoms with E-state index in [2.05, 4.69) is 0 Å². The number of benzene rings is 1. The molecule has 18 heavy (non-hydrogen) atoms. The molecule has 0 N–H and O–H groups in total. The zero-order valence-electron chi connectivity index (χ0n) is 9.49. The monoisotopic (exact) mass is 257 g/mol. The topological polar surface area (TPSA) is 50.1 Å². The van der Waals surface area contributed by atoms with Crippen LogP contribution in [0.25, 0.3) is 0 Å². The molecule has 0 aliphatic carbocycles. The molecule has 0 saturated carbocycles. The molecule has 1 rings (SSSR count). The van der Waals surface area contributed by atoms with Crippen molar-refractivity contribution in [1.29, 1.82) is 5.26 Å². The molecule has 0 aromatic heterocycles. The van der Waals surface area contributed by atoms with Crippen LogP contribution in [0.5, 0.6) is 5.75 Å². The minimum Gasteiger partial charge on any atom is -0.426 e. The van der Waals surface area contributed by atoms with Gasteiger partial charge in [0.25, 0.3) is 0 Å². The third-order valence-electron chi connectivity index (χ3n) is 2.14. The van der Waals surface area contributed by atoms with Crippen LogP contribution < -0.4 is 4.74 Å². The molecule has 1 aromatic carbocycles. The van der Waals surface area contributed by atoms with Crippen LogP contribution in [0.1, 0.15) is 24.8 Å². The third kappa shape index (κ3) is 4.09. The molecule has 96 valence electrons. The standard InChI is InChI=1S/C12H10F3NO2/c1-8(17)18-11-5-3-2-4-10(11)9(7-16)6-12(13,14)15/h2-5,9H,6H2,1H3/t9-/m1/s1. The lowest BCUT2D eigenvalue weighted by atomic mass is 9.96. The Morgan fingerprint density at radius 3 is 2.56 bits per heavy atom. The van der Waals surface area contributed by atoms with Crippen LogP contribution in [0.4, 0.5) is 13.2 Å². The van der Waals surface area contributed by atoms with E-state index in [0.29, 0.717) is 0 Å². The Balaban J connectivity index is 3.06. The largest absolute Gasteiger partial charge is 0.426 e. The highest BCUT2D eigenvalue weighted by Crippen LogP contribution is 2.35. The Morgan fingerprint density at radius 2 is 2.06 bits per heavy atom. The lowest BCUT2D eigenvalue weighted by Gasteiger charge is -2.15. The van der Waals surface area contributed by atoms with Gasteiger partial charge in [-0.1, -0.05) is 18.2 Å². The second-order valence-electron chi connectivity index (χ2n) is 3.63. The Morgan fingerprint density at radius 1 is 1.44 bits per heavy atom. The molecule has 6 heteroatoms. The van der Waals surface area contributed by atoms with Gasteiger partial charge in [0.15, 0.2) is 0 Å². The Bertz CT molecular complexity index is 477. The molecule has 0 amide bonds. The first-order valence-electron chi connectivity index (χ1n) is 5.07. The first kappa shape index (κ1) is 14.0. The summed E-state index contributed by atoms with van der Waals surface area (Å²) in [7, 11) is 0. The highest BCUT2D eigenvalue weighted by Gasteiger charge is 2.34. The number of carbonyl (C=O) groups excluding carboxylic acids is 1. The molecule has 1 aromatic rings. The van der Waals surface area contributed by atoms with Gasteiger partial charge in [0.1, 0.15) is 5.75 Å². The van der Waals surface area contributed by atoms with Gasteiger partial charge in [-0.15, -0.1) is 0 Å². The van der Waals surface area contributed by atoms with E-state index < -0.39 is 24.5 Å². The summed E-state index contributed by atoms with van der Waals surface area (Å²) >= 11 is 0. The van der Waals surface area contributed by atoms with Gasteiger partial charge < -0.3 is 4.74 Å². The van der Waals surface area contributed by atoms with Crippen LogP contribution in [-0.2, 0) is 4.79 Å². The molecule has 0 saturated heterocycles. The number of carbonyl (C=O) groups is 1. The van der Waals surface area contributed by atoms with E-state index in [1.807, 2.05) is 0 Å². The number of hydrogen-bond donors (Lipinski definition) is 0. The van der Waals surface area contributed by atoms with E-state index in [-0.39, 0.29) is 11.3 Å². The second kappa shape index (κ2) is 5.54. The summed E-state index contributed by atoms with van der Waals surface area (Å²) in [5.41, 5.74) is 0.0625. The molecule has 0 spiro atoms. The van der Waals surface area contributed by atoms with E-state index in [1.54, 1.807) is 6.07 Å². The number of hydrogen-bond acceptors (Lipinski definition) is 3. The molecule has 1 atom stereocenters. The highest BCUT2D eigenvalue weighted by atomic mass is 19.4. The number of halogens is 3. The van der Waals surface area contributed by atoms with Crippen molar-refractivity contribution in [3.8, 4) is 11.8 Å². The normalized spacial score (nSPS) is 12.6. The number of rotatable bonds is 3. The molecular formula is C12H10F3NO2. The zero-order chi connectivity index (χ0) is 13.8. The van der Waals surface area contributed by atoms with Crippen molar-refractivity contribution in [3.05, 3.63) is 29.8 Å². The first-order chi connectivity index (χ1) is 8.33. The molecule has 0 aliphatic rings. The van der Waals surface area contributed by atoms with Gasteiger partial charge in [-0.2, -0.15) is 18.4 Å². The SMILES string of the molecule is CC(=O)Oc1ccccc1[C@@H](C#N)CC(F)(F)F. The van der Waals surface area contributed by atoms with Crippen molar-refractivity contribution in [2.75, 3.05) is 0 Å². The Kier molecular flexibility index (Phi) is 4.32. The lowest BCUT2D eigenvalue weighted by molar-refractivity contribution is -0.136. The maximum absolute atomic E-state index is 12.3. The van der Waals surface area contributed by atoms with Gasteiger partial charge in [0.2, 0.25) is 0 Å². The smallest absolute Gasteiger partial charge is 0.390 e. The summed E-state index contributed by atoms with van der Waals surface area (Å²) < 4.78 is 41.7. The van der Waals surface area contributed by atoms with Crippen molar-refractivity contribution >= 4 is 5.97 Å². The van der Waals surface area contributed by atoms with Gasteiger partial charge in [0.05, 0.1) is 18.4 Å². The molecule has 3 nitrogen and oxygen atoms in total. The summed E-state index contributed by atoms with van der Waals surface area (Å²) in [4.78, 5) is 10.8. The third-order valence-corrected chi connectivity index (χ3v) is 2.14. The maximum atomic E-state index is 12.3. The van der Waals surface area contributed by atoms with E-state index in [9.17, 15) is 18.0 Å². The first-order valence-corrected chi connectivity index (χ1v) is 5.07. The van der Waals surface area contributed by atoms with E-state index in [0.717, 1.165) is 6.92 Å². The number of ether oxygens (including phenoxy) is 1. The van der Waals surface area contributed by atoms with Crippen molar-refractivity contribution in [1.82, 2.24) is 0 Å². The second-order valence-corrected chi connectivity index (χ2v) is 3.63. The molecule has 0 unspecified atom stereocenters. The van der Waals surface area contributed by atoms with Crippen LogP contribution in [-0.4, -0.2) is 12.1 Å². The predicted molar refractivity (Wildman–Crippen MR) is 56.8 cm³/mol. The minimum absolute atomic E-state index is 0.0131. The van der Waals surface area contributed by atoms with Crippen LogP contribution in [0.3, 0.4) is 0 Å².